The van der Waals surface area contributed by atoms with Gasteiger partial charge in [-0.05, 0) is 75.0 Å². The van der Waals surface area contributed by atoms with Crippen LogP contribution in [0.4, 0.5) is 0 Å². The zero-order chi connectivity index (χ0) is 18.2. The van der Waals surface area contributed by atoms with E-state index in [1.807, 2.05) is 0 Å². The van der Waals surface area contributed by atoms with Gasteiger partial charge in [-0.3, -0.25) is 0 Å². The summed E-state index contributed by atoms with van der Waals surface area (Å²) in [5.74, 6) is 2.93. The fourth-order valence-electron chi connectivity index (χ4n) is 5.23. The Hall–Kier alpha value is -1.54. The molecule has 0 aliphatic heterocycles. The van der Waals surface area contributed by atoms with Crippen LogP contribution in [0.1, 0.15) is 77.0 Å². The second-order valence-electron chi connectivity index (χ2n) is 8.81. The zero-order valence-corrected chi connectivity index (χ0v) is 16.2. The van der Waals surface area contributed by atoms with Crippen molar-refractivity contribution in [1.82, 2.24) is 0 Å². The molecule has 2 heteroatoms. The van der Waals surface area contributed by atoms with Gasteiger partial charge >= 0.3 is 0 Å². The van der Waals surface area contributed by atoms with Crippen LogP contribution in [-0.4, -0.2) is 0 Å². The van der Waals surface area contributed by atoms with Gasteiger partial charge in [0.15, 0.2) is 0 Å². The summed E-state index contributed by atoms with van der Waals surface area (Å²) < 4.78 is 0. The maximum Gasteiger partial charge on any atom is 0.0661 e. The molecule has 26 heavy (non-hydrogen) atoms. The van der Waals surface area contributed by atoms with E-state index in [0.29, 0.717) is 23.7 Å². The van der Waals surface area contributed by atoms with Crippen LogP contribution in [0.25, 0.3) is 0 Å². The fraction of sp³-hybridized carbons (Fsp3) is 0.750. The average molecular weight is 351 g/mol. The number of nitrogens with zero attached hydrogens (tertiary/aromatic N) is 2. The standard InChI is InChI=1S/C24H34N2/c25-17-23-7-3-1-5-21(23)15-13-19-9-11-20(12-10-19)14-16-22-6-2-4-8-24(22)18-26/h13-16,19-24H,1-12H2. The maximum atomic E-state index is 9.32. The van der Waals surface area contributed by atoms with Crippen LogP contribution in [0.3, 0.4) is 0 Å². The molecule has 4 atom stereocenters. The minimum Gasteiger partial charge on any atom is -0.198 e. The molecule has 3 saturated carbocycles. The zero-order valence-electron chi connectivity index (χ0n) is 16.2. The molecule has 0 heterocycles. The summed E-state index contributed by atoms with van der Waals surface area (Å²) in [7, 11) is 0. The molecule has 3 rings (SSSR count). The first-order valence-corrected chi connectivity index (χ1v) is 11.0. The van der Waals surface area contributed by atoms with Crippen molar-refractivity contribution in [2.45, 2.75) is 77.0 Å². The SMILES string of the molecule is N#CC1CCCCC1C=CC1CCC(C=CC2CCCCC2C#N)CC1. The highest BCUT2D eigenvalue weighted by Crippen LogP contribution is 2.35. The van der Waals surface area contributed by atoms with Crippen LogP contribution in [-0.2, 0) is 0 Å². The van der Waals surface area contributed by atoms with E-state index < -0.39 is 0 Å². The van der Waals surface area contributed by atoms with Crippen LogP contribution < -0.4 is 0 Å². The van der Waals surface area contributed by atoms with E-state index in [2.05, 4.69) is 36.4 Å². The Morgan fingerprint density at radius 1 is 0.500 bits per heavy atom. The molecule has 4 unspecified atom stereocenters. The van der Waals surface area contributed by atoms with Gasteiger partial charge in [0.2, 0.25) is 0 Å². The lowest BCUT2D eigenvalue weighted by Gasteiger charge is -2.28. The Morgan fingerprint density at radius 3 is 1.27 bits per heavy atom. The molecule has 3 aliphatic carbocycles. The van der Waals surface area contributed by atoms with E-state index in [1.54, 1.807) is 0 Å². The van der Waals surface area contributed by atoms with Crippen LogP contribution in [0, 0.1) is 58.2 Å². The van der Waals surface area contributed by atoms with Gasteiger partial charge in [0.1, 0.15) is 0 Å². The number of rotatable bonds is 4. The topological polar surface area (TPSA) is 47.6 Å². The largest absolute Gasteiger partial charge is 0.198 e. The maximum absolute atomic E-state index is 9.32. The summed E-state index contributed by atoms with van der Waals surface area (Å²) in [6.45, 7) is 0. The highest BCUT2D eigenvalue weighted by molar-refractivity contribution is 5.05. The first-order valence-electron chi connectivity index (χ1n) is 11.0. The Kier molecular flexibility index (Phi) is 7.37. The van der Waals surface area contributed by atoms with Crippen molar-refractivity contribution >= 4 is 0 Å². The Balaban J connectivity index is 1.44. The van der Waals surface area contributed by atoms with E-state index in [-0.39, 0.29) is 11.8 Å². The lowest BCUT2D eigenvalue weighted by atomic mass is 9.76. The van der Waals surface area contributed by atoms with Gasteiger partial charge in [0.05, 0.1) is 24.0 Å². The van der Waals surface area contributed by atoms with Crippen LogP contribution >= 0.6 is 0 Å². The minimum atomic E-state index is 0.253. The van der Waals surface area contributed by atoms with Crippen molar-refractivity contribution in [2.24, 2.45) is 35.5 Å². The molecule has 2 nitrogen and oxygen atoms in total. The van der Waals surface area contributed by atoms with Gasteiger partial charge in [-0.25, -0.2) is 0 Å². The molecule has 0 bridgehead atoms. The van der Waals surface area contributed by atoms with Crippen LogP contribution in [0.2, 0.25) is 0 Å². The molecule has 0 N–H and O–H groups in total. The Bertz CT molecular complexity index is 516. The molecule has 3 fully saturated rings. The van der Waals surface area contributed by atoms with Crippen molar-refractivity contribution in [3.05, 3.63) is 24.3 Å². The Labute approximate surface area is 160 Å². The van der Waals surface area contributed by atoms with E-state index >= 15 is 0 Å². The molecule has 0 aromatic carbocycles. The lowest BCUT2D eigenvalue weighted by molar-refractivity contribution is 0.328. The van der Waals surface area contributed by atoms with Gasteiger partial charge in [0.25, 0.3) is 0 Å². The van der Waals surface area contributed by atoms with Gasteiger partial charge < -0.3 is 0 Å². The normalized spacial score (nSPS) is 38.8. The predicted octanol–water partition coefficient (Wildman–Crippen LogP) is 6.57. The summed E-state index contributed by atoms with van der Waals surface area (Å²) in [5.41, 5.74) is 0. The molecule has 3 aliphatic rings. The highest BCUT2D eigenvalue weighted by Gasteiger charge is 2.25. The number of allylic oxidation sites excluding steroid dienone is 4. The molecule has 140 valence electrons. The van der Waals surface area contributed by atoms with E-state index in [4.69, 9.17) is 0 Å². The smallest absolute Gasteiger partial charge is 0.0661 e. The van der Waals surface area contributed by atoms with Crippen molar-refractivity contribution in [2.75, 3.05) is 0 Å². The highest BCUT2D eigenvalue weighted by atomic mass is 14.3. The van der Waals surface area contributed by atoms with Gasteiger partial charge in [-0.1, -0.05) is 50.0 Å². The van der Waals surface area contributed by atoms with Gasteiger partial charge in [0, 0.05) is 0 Å². The molecule has 0 aromatic rings. The van der Waals surface area contributed by atoms with Gasteiger partial charge in [-0.15, -0.1) is 0 Å². The number of hydrogen-bond acceptors (Lipinski definition) is 2. The fourth-order valence-corrected chi connectivity index (χ4v) is 5.23. The van der Waals surface area contributed by atoms with Crippen LogP contribution in [0.5, 0.6) is 0 Å². The van der Waals surface area contributed by atoms with Crippen molar-refractivity contribution in [1.29, 1.82) is 10.5 Å². The van der Waals surface area contributed by atoms with Crippen LogP contribution in [0.15, 0.2) is 24.3 Å². The van der Waals surface area contributed by atoms with Crippen molar-refractivity contribution in [3.63, 3.8) is 0 Å². The Morgan fingerprint density at radius 2 is 0.885 bits per heavy atom. The van der Waals surface area contributed by atoms with E-state index in [0.717, 1.165) is 12.8 Å². The summed E-state index contributed by atoms with van der Waals surface area (Å²) in [4.78, 5) is 0. The monoisotopic (exact) mass is 350 g/mol. The minimum absolute atomic E-state index is 0.253. The summed E-state index contributed by atoms with van der Waals surface area (Å²) in [6.07, 6.45) is 24.4. The summed E-state index contributed by atoms with van der Waals surface area (Å²) in [6, 6.07) is 5.04. The molecular weight excluding hydrogens is 316 g/mol. The van der Waals surface area contributed by atoms with Gasteiger partial charge in [-0.2, -0.15) is 10.5 Å². The van der Waals surface area contributed by atoms with E-state index in [1.165, 1.54) is 64.2 Å². The predicted molar refractivity (Wildman–Crippen MR) is 106 cm³/mol. The molecular formula is C24H34N2. The second-order valence-corrected chi connectivity index (χ2v) is 8.81. The van der Waals surface area contributed by atoms with Crippen molar-refractivity contribution in [3.8, 4) is 12.1 Å². The molecule has 0 radical (unpaired) electrons. The summed E-state index contributed by atoms with van der Waals surface area (Å²) >= 11 is 0. The third-order valence-corrected chi connectivity index (χ3v) is 7.05. The molecule has 0 aromatic heterocycles. The number of nitriles is 2. The second kappa shape index (κ2) is 9.97. The van der Waals surface area contributed by atoms with Crippen molar-refractivity contribution < 1.29 is 0 Å². The molecule has 0 saturated heterocycles. The quantitative estimate of drug-likeness (QED) is 0.539. The average Bonchev–Trinajstić information content (AvgIpc) is 2.72. The molecule has 0 amide bonds. The molecule has 0 spiro atoms. The van der Waals surface area contributed by atoms with E-state index in [9.17, 15) is 10.5 Å². The first kappa shape index (κ1) is 19.2. The third-order valence-electron chi connectivity index (χ3n) is 7.05. The number of hydrogen-bond donors (Lipinski definition) is 0. The summed E-state index contributed by atoms with van der Waals surface area (Å²) in [5, 5.41) is 18.6. The first-order chi connectivity index (χ1) is 12.8. The lowest BCUT2D eigenvalue weighted by Crippen LogP contribution is -2.18. The third kappa shape index (κ3) is 5.23.